The molecule has 0 radical (unpaired) electrons. The topological polar surface area (TPSA) is 63.2 Å². The van der Waals surface area contributed by atoms with Crippen molar-refractivity contribution in [2.24, 2.45) is 17.3 Å². The van der Waals surface area contributed by atoms with Gasteiger partial charge in [0.05, 0.1) is 18.8 Å². The van der Waals surface area contributed by atoms with Crippen LogP contribution in [0.4, 0.5) is 0 Å². The second-order valence-electron chi connectivity index (χ2n) is 11.8. The third-order valence-electron chi connectivity index (χ3n) is 9.21. The fourth-order valence-corrected chi connectivity index (χ4v) is 7.08. The Bertz CT molecular complexity index is 998. The summed E-state index contributed by atoms with van der Waals surface area (Å²) in [7, 11) is 1.33. The van der Waals surface area contributed by atoms with Crippen LogP contribution in [0.2, 0.25) is 6.32 Å². The van der Waals surface area contributed by atoms with Gasteiger partial charge in [-0.2, -0.15) is 0 Å². The largest absolute Gasteiger partial charge is 0.496 e. The molecule has 172 valence electrons. The van der Waals surface area contributed by atoms with E-state index in [1.807, 2.05) is 12.1 Å². The number of methoxy groups -OCH3 is 1. The number of hydrogen-bond donors (Lipinski definition) is 0. The van der Waals surface area contributed by atoms with Crippen LogP contribution in [0, 0.1) is 17.3 Å². The van der Waals surface area contributed by atoms with Gasteiger partial charge in [0.2, 0.25) is 5.79 Å². The predicted octanol–water partition coefficient (Wildman–Crippen LogP) is 4.74. The fourth-order valence-electron chi connectivity index (χ4n) is 7.08. The molecule has 1 saturated heterocycles. The second kappa shape index (κ2) is 6.23. The molecule has 7 heteroatoms. The molecule has 4 saturated carbocycles. The van der Waals surface area contributed by atoms with Crippen molar-refractivity contribution in [3.8, 4) is 11.5 Å². The maximum absolute atomic E-state index is 12.8. The van der Waals surface area contributed by atoms with Crippen molar-refractivity contribution in [1.82, 2.24) is 0 Å². The first-order chi connectivity index (χ1) is 15.0. The molecule has 2 bridgehead atoms. The van der Waals surface area contributed by atoms with E-state index < -0.39 is 11.8 Å². The van der Waals surface area contributed by atoms with E-state index in [4.69, 9.17) is 23.5 Å². The number of ether oxygens (including phenoxy) is 3. The Labute approximate surface area is 190 Å². The van der Waals surface area contributed by atoms with Crippen LogP contribution in [-0.4, -0.2) is 37.7 Å². The van der Waals surface area contributed by atoms with Crippen molar-refractivity contribution in [2.75, 3.05) is 7.11 Å². The quantitative estimate of drug-likeness (QED) is 0.498. The lowest BCUT2D eigenvalue weighted by Gasteiger charge is -2.64. The summed E-state index contributed by atoms with van der Waals surface area (Å²) < 4.78 is 30.4. The third-order valence-corrected chi connectivity index (χ3v) is 9.21. The molecule has 32 heavy (non-hydrogen) atoms. The van der Waals surface area contributed by atoms with E-state index in [9.17, 15) is 4.79 Å². The van der Waals surface area contributed by atoms with Crippen LogP contribution in [-0.2, 0) is 19.5 Å². The molecule has 4 aliphatic carbocycles. The first kappa shape index (κ1) is 20.9. The average Bonchev–Trinajstić information content (AvgIpc) is 3.38. The van der Waals surface area contributed by atoms with E-state index in [1.165, 1.54) is 6.42 Å². The molecule has 1 aromatic carbocycles. The molecule has 6 nitrogen and oxygen atoms in total. The summed E-state index contributed by atoms with van der Waals surface area (Å²) in [4.78, 5) is 12.8. The average molecular weight is 440 g/mol. The molecule has 0 N–H and O–H groups in total. The van der Waals surface area contributed by atoms with Gasteiger partial charge in [-0.25, -0.2) is 4.79 Å². The summed E-state index contributed by atoms with van der Waals surface area (Å²) in [5.41, 5.74) is 1.43. The Hall–Kier alpha value is -1.73. The maximum Gasteiger partial charge on any atom is 0.458 e. The van der Waals surface area contributed by atoms with E-state index in [-0.39, 0.29) is 24.2 Å². The van der Waals surface area contributed by atoms with Crippen molar-refractivity contribution < 1.29 is 28.3 Å². The zero-order valence-electron chi connectivity index (χ0n) is 19.9. The normalized spacial score (nSPS) is 36.9. The highest BCUT2D eigenvalue weighted by Crippen LogP contribution is 2.67. The van der Waals surface area contributed by atoms with Gasteiger partial charge < -0.3 is 23.5 Å². The van der Waals surface area contributed by atoms with Crippen LogP contribution < -0.4 is 9.47 Å². The second-order valence-corrected chi connectivity index (χ2v) is 11.8. The van der Waals surface area contributed by atoms with Crippen LogP contribution in [0.3, 0.4) is 0 Å². The van der Waals surface area contributed by atoms with Crippen molar-refractivity contribution in [1.29, 1.82) is 0 Å². The van der Waals surface area contributed by atoms with Gasteiger partial charge >= 0.3 is 13.1 Å². The monoisotopic (exact) mass is 440 g/mol. The van der Waals surface area contributed by atoms with E-state index in [0.717, 1.165) is 37.1 Å². The van der Waals surface area contributed by atoms with Gasteiger partial charge in [0.1, 0.15) is 17.1 Å². The van der Waals surface area contributed by atoms with E-state index in [2.05, 4.69) is 20.8 Å². The SMILES string of the molecule is COc1ccc(C2(CB3OC4CC5CC(C5(C)C)C4(C)O3)CC2)c2c1C(=O)OC(C)(C)O2. The number of cyclic esters (lactones) is 1. The number of hydrogen-bond acceptors (Lipinski definition) is 6. The number of rotatable bonds is 4. The molecular weight excluding hydrogens is 407 g/mol. The van der Waals surface area contributed by atoms with Crippen LogP contribution >= 0.6 is 0 Å². The molecule has 6 aliphatic rings. The number of fused-ring (bicyclic) bond motifs is 1. The van der Waals surface area contributed by atoms with E-state index in [0.29, 0.717) is 28.4 Å². The summed E-state index contributed by atoms with van der Waals surface area (Å²) >= 11 is 0. The summed E-state index contributed by atoms with van der Waals surface area (Å²) in [6.45, 7) is 10.6. The summed E-state index contributed by atoms with van der Waals surface area (Å²) in [5.74, 6) is 0.933. The first-order valence-corrected chi connectivity index (χ1v) is 12.0. The summed E-state index contributed by atoms with van der Waals surface area (Å²) in [5, 5.41) is 0. The van der Waals surface area contributed by atoms with Crippen LogP contribution in [0.5, 0.6) is 11.5 Å². The maximum atomic E-state index is 12.8. The van der Waals surface area contributed by atoms with Gasteiger partial charge in [-0.3, -0.25) is 0 Å². The highest BCUT2D eigenvalue weighted by Gasteiger charge is 2.68. The molecule has 4 atom stereocenters. The standard InChI is InChI=1S/C25H33BO6/c1-22(2)14-11-17(22)24(5)18(12-14)31-26(32-24)13-25(9-10-25)15-7-8-16(28-6)19-20(15)29-23(3,4)30-21(19)27/h7-8,14,17-18H,9-13H2,1-6H3. The number of carbonyl (C=O) groups excluding carboxylic acids is 1. The molecule has 1 aromatic rings. The number of benzene rings is 1. The minimum absolute atomic E-state index is 0.114. The number of esters is 1. The predicted molar refractivity (Wildman–Crippen MR) is 119 cm³/mol. The van der Waals surface area contributed by atoms with Crippen LogP contribution in [0.1, 0.15) is 76.2 Å². The molecule has 5 fully saturated rings. The summed E-state index contributed by atoms with van der Waals surface area (Å²) in [6, 6.07) is 3.90. The zero-order chi connectivity index (χ0) is 22.7. The minimum atomic E-state index is -1.02. The van der Waals surface area contributed by atoms with Gasteiger partial charge in [0, 0.05) is 19.4 Å². The molecule has 0 aromatic heterocycles. The molecule has 0 spiro atoms. The lowest BCUT2D eigenvalue weighted by molar-refractivity contribution is -0.199. The van der Waals surface area contributed by atoms with E-state index in [1.54, 1.807) is 21.0 Å². The Morgan fingerprint density at radius 2 is 1.84 bits per heavy atom. The molecular formula is C25H33BO6. The lowest BCUT2D eigenvalue weighted by atomic mass is 9.43. The Morgan fingerprint density at radius 1 is 1.09 bits per heavy atom. The highest BCUT2D eigenvalue weighted by molar-refractivity contribution is 6.46. The van der Waals surface area contributed by atoms with Crippen molar-refractivity contribution in [3.05, 3.63) is 23.3 Å². The smallest absolute Gasteiger partial charge is 0.458 e. The molecule has 0 amide bonds. The van der Waals surface area contributed by atoms with Gasteiger partial charge in [0.25, 0.3) is 0 Å². The highest BCUT2D eigenvalue weighted by atomic mass is 16.7. The minimum Gasteiger partial charge on any atom is -0.496 e. The molecule has 2 aliphatic heterocycles. The fraction of sp³-hybridized carbons (Fsp3) is 0.720. The molecule has 4 unspecified atom stereocenters. The van der Waals surface area contributed by atoms with Gasteiger partial charge in [0.15, 0.2) is 0 Å². The van der Waals surface area contributed by atoms with E-state index >= 15 is 0 Å². The van der Waals surface area contributed by atoms with Gasteiger partial charge in [-0.1, -0.05) is 19.9 Å². The number of carbonyl (C=O) groups is 1. The van der Waals surface area contributed by atoms with Crippen LogP contribution in [0.15, 0.2) is 12.1 Å². The van der Waals surface area contributed by atoms with Gasteiger partial charge in [-0.15, -0.1) is 0 Å². The van der Waals surface area contributed by atoms with Gasteiger partial charge in [-0.05, 0) is 67.7 Å². The molecule has 7 rings (SSSR count). The molecule has 2 heterocycles. The Balaban J connectivity index is 1.31. The van der Waals surface area contributed by atoms with Crippen molar-refractivity contribution >= 4 is 13.1 Å². The Morgan fingerprint density at radius 3 is 2.50 bits per heavy atom. The van der Waals surface area contributed by atoms with Crippen molar-refractivity contribution in [3.63, 3.8) is 0 Å². The lowest BCUT2D eigenvalue weighted by Crippen LogP contribution is -2.65. The summed E-state index contributed by atoms with van der Waals surface area (Å²) in [6.07, 6.45) is 5.33. The third kappa shape index (κ3) is 2.70. The van der Waals surface area contributed by atoms with Crippen LogP contribution in [0.25, 0.3) is 0 Å². The van der Waals surface area contributed by atoms with Crippen molar-refractivity contribution in [2.45, 2.75) is 89.5 Å². The first-order valence-electron chi connectivity index (χ1n) is 12.0. The Kier molecular flexibility index (Phi) is 4.06. The zero-order valence-corrected chi connectivity index (χ0v) is 19.9.